The summed E-state index contributed by atoms with van der Waals surface area (Å²) < 4.78 is 21.1. The van der Waals surface area contributed by atoms with Gasteiger partial charge in [-0.05, 0) is 140 Å². The second kappa shape index (κ2) is 19.1. The maximum atomic E-state index is 11.8. The molecule has 10 rings (SSSR count). The van der Waals surface area contributed by atoms with Crippen molar-refractivity contribution in [2.75, 3.05) is 19.8 Å². The van der Waals surface area contributed by atoms with Crippen molar-refractivity contribution >= 4 is 34.6 Å². The standard InChI is InChI=1S/C15H22O3.C14H20O3.C14H12O3.C6H10O3/c1-10(2)13(17)18-15-6-11-3-12(7-15)5-14(4-11,8-15)9-16;1-9(2)12(15)17-14-6-10-3-11(7-14)5-13(16,4-10)8-14;1-9(2)14(16)17-13-8-4-5-10-11(13)6-3-7-12(10)15;1-5(2)6(8)9-4-3-7/h11-12,16H,1,3-9H2,2H3;10-11,16H,1,3-8H2,2H3;3-8,15H,1H2,2H3;7H,1,3-4H2,2H3. The SMILES string of the molecule is C=C(C)C(=O)OC12CC3CC(CC(CO)(C3)C1)C2.C=C(C)C(=O)OC12CC3CC(CC(O)(C3)C1)C2.C=C(C)C(=O)OCCO.C=C(C)C(=O)Oc1cccc2c(O)cccc12. The van der Waals surface area contributed by atoms with Gasteiger partial charge in [0.25, 0.3) is 0 Å². The number of esters is 4. The number of aromatic hydroxyl groups is 1. The van der Waals surface area contributed by atoms with Gasteiger partial charge >= 0.3 is 23.9 Å². The number of benzene rings is 2. The van der Waals surface area contributed by atoms with E-state index >= 15 is 0 Å². The van der Waals surface area contributed by atoms with Crippen molar-refractivity contribution in [2.24, 2.45) is 29.1 Å². The summed E-state index contributed by atoms with van der Waals surface area (Å²) in [5, 5.41) is 39.5. The van der Waals surface area contributed by atoms with Crippen LogP contribution in [0.4, 0.5) is 0 Å². The molecule has 2 aromatic rings. The van der Waals surface area contributed by atoms with Crippen LogP contribution in [0.25, 0.3) is 10.8 Å². The second-order valence-corrected chi connectivity index (χ2v) is 18.9. The molecule has 8 fully saturated rings. The van der Waals surface area contributed by atoms with Gasteiger partial charge in [0, 0.05) is 46.1 Å². The average Bonchev–Trinajstić information content (AvgIpc) is 3.16. The smallest absolute Gasteiger partial charge is 0.338 e. The van der Waals surface area contributed by atoms with Gasteiger partial charge < -0.3 is 39.4 Å². The first-order valence-corrected chi connectivity index (χ1v) is 21.3. The van der Waals surface area contributed by atoms with E-state index in [0.29, 0.717) is 68.9 Å². The number of carbonyl (C=O) groups is 4. The van der Waals surface area contributed by atoms with E-state index in [-0.39, 0.29) is 48.5 Å². The molecule has 332 valence electrons. The number of aliphatic hydroxyl groups is 3. The summed E-state index contributed by atoms with van der Waals surface area (Å²) in [5.74, 6) is 1.46. The van der Waals surface area contributed by atoms with Gasteiger partial charge in [0.15, 0.2) is 0 Å². The topological polar surface area (TPSA) is 186 Å². The molecule has 4 unspecified atom stereocenters. The van der Waals surface area contributed by atoms with Crippen LogP contribution >= 0.6 is 0 Å². The third kappa shape index (κ3) is 11.6. The van der Waals surface area contributed by atoms with Gasteiger partial charge in [-0.1, -0.05) is 50.6 Å². The van der Waals surface area contributed by atoms with Crippen LogP contribution in [-0.4, -0.2) is 80.9 Å². The highest BCUT2D eigenvalue weighted by Gasteiger charge is 2.60. The van der Waals surface area contributed by atoms with Crippen LogP contribution in [0.5, 0.6) is 11.5 Å². The summed E-state index contributed by atoms with van der Waals surface area (Å²) in [6.45, 7) is 20.8. The number of phenolic OH excluding ortho intramolecular Hbond substituents is 1. The summed E-state index contributed by atoms with van der Waals surface area (Å²) in [5.41, 5.74) is 0.374. The first-order chi connectivity index (χ1) is 28.6. The minimum Gasteiger partial charge on any atom is -0.507 e. The largest absolute Gasteiger partial charge is 0.507 e. The Hall–Kier alpha value is -4.78. The van der Waals surface area contributed by atoms with E-state index < -0.39 is 23.1 Å². The van der Waals surface area contributed by atoms with E-state index in [1.54, 1.807) is 64.1 Å². The third-order valence-electron chi connectivity index (χ3n) is 12.8. The van der Waals surface area contributed by atoms with Crippen LogP contribution < -0.4 is 4.74 Å². The van der Waals surface area contributed by atoms with E-state index in [9.17, 15) is 34.5 Å². The minimum absolute atomic E-state index is 0.0272. The molecule has 8 bridgehead atoms. The summed E-state index contributed by atoms with van der Waals surface area (Å²) >= 11 is 0. The lowest BCUT2D eigenvalue weighted by atomic mass is 9.48. The van der Waals surface area contributed by atoms with Crippen LogP contribution in [-0.2, 0) is 33.4 Å². The minimum atomic E-state index is -0.570. The quantitative estimate of drug-likeness (QED) is 0.0790. The van der Waals surface area contributed by atoms with Gasteiger partial charge in [-0.15, -0.1) is 0 Å². The monoisotopic (exact) mass is 844 g/mol. The van der Waals surface area contributed by atoms with E-state index in [4.69, 9.17) is 19.3 Å². The predicted molar refractivity (Wildman–Crippen MR) is 230 cm³/mol. The predicted octanol–water partition coefficient (Wildman–Crippen LogP) is 7.75. The highest BCUT2D eigenvalue weighted by atomic mass is 16.6. The zero-order valence-corrected chi connectivity index (χ0v) is 36.3. The van der Waals surface area contributed by atoms with Crippen molar-refractivity contribution in [1.29, 1.82) is 0 Å². The molecule has 12 nitrogen and oxygen atoms in total. The molecule has 8 aliphatic carbocycles. The Bertz CT molecular complexity index is 2020. The molecular weight excluding hydrogens is 781 g/mol. The maximum Gasteiger partial charge on any atom is 0.338 e. The number of rotatable bonds is 10. The normalized spacial score (nSPS) is 30.5. The molecule has 0 aromatic heterocycles. The van der Waals surface area contributed by atoms with Crippen molar-refractivity contribution in [3.8, 4) is 11.5 Å². The molecule has 8 aliphatic rings. The van der Waals surface area contributed by atoms with E-state index in [1.807, 2.05) is 0 Å². The van der Waals surface area contributed by atoms with Crippen LogP contribution in [0, 0.1) is 29.1 Å². The molecule has 4 atom stereocenters. The van der Waals surface area contributed by atoms with Gasteiger partial charge in [0.1, 0.15) is 29.3 Å². The second-order valence-electron chi connectivity index (χ2n) is 18.9. The molecule has 0 amide bonds. The van der Waals surface area contributed by atoms with Crippen LogP contribution in [0.1, 0.15) is 105 Å². The van der Waals surface area contributed by atoms with E-state index in [1.165, 1.54) is 12.8 Å². The Morgan fingerprint density at radius 1 is 0.623 bits per heavy atom. The van der Waals surface area contributed by atoms with Crippen molar-refractivity contribution in [3.63, 3.8) is 0 Å². The third-order valence-corrected chi connectivity index (χ3v) is 12.8. The number of phenols is 1. The Morgan fingerprint density at radius 2 is 1.08 bits per heavy atom. The fourth-order valence-electron chi connectivity index (χ4n) is 11.3. The van der Waals surface area contributed by atoms with Gasteiger partial charge in [-0.2, -0.15) is 0 Å². The van der Waals surface area contributed by atoms with Crippen molar-refractivity contribution in [3.05, 3.63) is 85.0 Å². The fraction of sp³-hybridized carbons (Fsp3) is 0.551. The van der Waals surface area contributed by atoms with E-state index in [2.05, 4.69) is 31.1 Å². The molecule has 61 heavy (non-hydrogen) atoms. The number of hydrogen-bond donors (Lipinski definition) is 4. The summed E-state index contributed by atoms with van der Waals surface area (Å²) in [6.07, 6.45) is 11.8. The Balaban J connectivity index is 0.000000158. The Morgan fingerprint density at radius 3 is 1.54 bits per heavy atom. The number of aliphatic hydroxyl groups excluding tert-OH is 2. The number of fused-ring (bicyclic) bond motifs is 1. The molecule has 0 aliphatic heterocycles. The van der Waals surface area contributed by atoms with Gasteiger partial charge in [-0.3, -0.25) is 0 Å². The molecule has 0 saturated heterocycles. The first kappa shape index (κ1) is 47.3. The van der Waals surface area contributed by atoms with Gasteiger partial charge in [0.05, 0.1) is 12.2 Å². The number of hydrogen-bond acceptors (Lipinski definition) is 12. The molecule has 0 spiro atoms. The summed E-state index contributed by atoms with van der Waals surface area (Å²) in [7, 11) is 0. The summed E-state index contributed by atoms with van der Waals surface area (Å²) in [6, 6.07) is 10.3. The van der Waals surface area contributed by atoms with Crippen LogP contribution in [0.3, 0.4) is 0 Å². The molecule has 12 heteroatoms. The molecule has 0 radical (unpaired) electrons. The van der Waals surface area contributed by atoms with Crippen molar-refractivity contribution < 1.29 is 58.6 Å². The van der Waals surface area contributed by atoms with Crippen molar-refractivity contribution in [2.45, 2.75) is 122 Å². The average molecular weight is 845 g/mol. The lowest BCUT2D eigenvalue weighted by Crippen LogP contribution is -2.60. The molecular formula is C49H64O12. The highest BCUT2D eigenvalue weighted by molar-refractivity contribution is 5.96. The Kier molecular flexibility index (Phi) is 14.8. The molecule has 0 heterocycles. The van der Waals surface area contributed by atoms with Crippen LogP contribution in [0.2, 0.25) is 0 Å². The number of ether oxygens (including phenoxy) is 4. The molecule has 8 saturated carbocycles. The lowest BCUT2D eigenvalue weighted by molar-refractivity contribution is -0.217. The van der Waals surface area contributed by atoms with Gasteiger partial charge in [-0.25, -0.2) is 19.2 Å². The van der Waals surface area contributed by atoms with Crippen molar-refractivity contribution in [1.82, 2.24) is 0 Å². The maximum absolute atomic E-state index is 11.8. The zero-order valence-electron chi connectivity index (χ0n) is 36.3. The Labute approximate surface area is 359 Å². The molecule has 2 aromatic carbocycles. The van der Waals surface area contributed by atoms with Crippen LogP contribution in [0.15, 0.2) is 85.0 Å². The number of carbonyl (C=O) groups excluding carboxylic acids is 4. The van der Waals surface area contributed by atoms with E-state index in [0.717, 1.165) is 57.8 Å². The highest BCUT2D eigenvalue weighted by Crippen LogP contribution is 2.63. The molecule has 4 N–H and O–H groups in total. The summed E-state index contributed by atoms with van der Waals surface area (Å²) in [4.78, 5) is 45.5. The fourth-order valence-corrected chi connectivity index (χ4v) is 11.3. The first-order valence-electron chi connectivity index (χ1n) is 21.3. The lowest BCUT2D eigenvalue weighted by Gasteiger charge is -2.60. The van der Waals surface area contributed by atoms with Gasteiger partial charge in [0.2, 0.25) is 0 Å². The zero-order chi connectivity index (χ0) is 44.9.